The first kappa shape index (κ1) is 17.0. The van der Waals surface area contributed by atoms with Crippen molar-refractivity contribution in [2.75, 3.05) is 5.43 Å². The monoisotopic (exact) mass is 379 g/mol. The average molecular weight is 380 g/mol. The van der Waals surface area contributed by atoms with Gasteiger partial charge < -0.3 is 0 Å². The fourth-order valence-corrected chi connectivity index (χ4v) is 2.93. The van der Waals surface area contributed by atoms with E-state index in [1.54, 1.807) is 18.2 Å². The highest BCUT2D eigenvalue weighted by molar-refractivity contribution is 6.30. The minimum atomic E-state index is -0.408. The average Bonchev–Trinajstić information content (AvgIpc) is 3.10. The van der Waals surface area contributed by atoms with E-state index < -0.39 is 5.56 Å². The molecule has 0 radical (unpaired) electrons. The van der Waals surface area contributed by atoms with Gasteiger partial charge in [0, 0.05) is 5.02 Å². The summed E-state index contributed by atoms with van der Waals surface area (Å²) in [4.78, 5) is 29.1. The molecule has 4 aromatic rings. The molecule has 27 heavy (non-hydrogen) atoms. The van der Waals surface area contributed by atoms with Crippen molar-refractivity contribution in [2.45, 2.75) is 6.42 Å². The number of rotatable bonds is 4. The van der Waals surface area contributed by atoms with Gasteiger partial charge in [0.05, 0.1) is 18.3 Å². The molecule has 8 heteroatoms. The second-order valence-electron chi connectivity index (χ2n) is 5.89. The molecule has 4 rings (SSSR count). The SMILES string of the molecule is O=C(Cc1ccccc1)Nn1cnc2c(cnn2-c2cccc(Cl)c2)c1=O. The van der Waals surface area contributed by atoms with Crippen LogP contribution in [0.2, 0.25) is 5.02 Å². The van der Waals surface area contributed by atoms with Gasteiger partial charge in [0.15, 0.2) is 5.65 Å². The van der Waals surface area contributed by atoms with Gasteiger partial charge in [-0.2, -0.15) is 5.10 Å². The number of hydrogen-bond donors (Lipinski definition) is 1. The Balaban J connectivity index is 1.63. The van der Waals surface area contributed by atoms with E-state index in [-0.39, 0.29) is 17.7 Å². The molecule has 0 unspecified atom stereocenters. The molecule has 2 aromatic carbocycles. The van der Waals surface area contributed by atoms with Gasteiger partial charge in [-0.15, -0.1) is 0 Å². The summed E-state index contributed by atoms with van der Waals surface area (Å²) in [5.74, 6) is -0.313. The summed E-state index contributed by atoms with van der Waals surface area (Å²) in [6, 6.07) is 16.4. The van der Waals surface area contributed by atoms with Crippen LogP contribution < -0.4 is 11.0 Å². The Bertz CT molecular complexity index is 1180. The number of fused-ring (bicyclic) bond motifs is 1. The molecule has 0 saturated carbocycles. The Labute approximate surface area is 158 Å². The van der Waals surface area contributed by atoms with Crippen LogP contribution in [-0.4, -0.2) is 25.3 Å². The lowest BCUT2D eigenvalue weighted by molar-refractivity contribution is -0.116. The standard InChI is InChI=1S/C19H14ClN5O2/c20-14-7-4-8-15(10-14)25-18-16(11-22-25)19(27)24(12-21-18)23-17(26)9-13-5-2-1-3-6-13/h1-8,10-12H,9H2,(H,23,26). The predicted octanol–water partition coefficient (Wildman–Crippen LogP) is 2.55. The Hall–Kier alpha value is -3.45. The Morgan fingerprint density at radius 3 is 2.70 bits per heavy atom. The van der Waals surface area contributed by atoms with E-state index in [0.717, 1.165) is 10.2 Å². The van der Waals surface area contributed by atoms with Crippen molar-refractivity contribution in [1.82, 2.24) is 19.4 Å². The van der Waals surface area contributed by atoms with Gasteiger partial charge in [0.2, 0.25) is 5.91 Å². The van der Waals surface area contributed by atoms with E-state index in [9.17, 15) is 9.59 Å². The summed E-state index contributed by atoms with van der Waals surface area (Å²) >= 11 is 6.02. The molecule has 0 aliphatic heterocycles. The van der Waals surface area contributed by atoms with Gasteiger partial charge >= 0.3 is 0 Å². The van der Waals surface area contributed by atoms with Crippen molar-refractivity contribution in [2.24, 2.45) is 0 Å². The van der Waals surface area contributed by atoms with Gasteiger partial charge in [-0.05, 0) is 23.8 Å². The van der Waals surface area contributed by atoms with Crippen molar-refractivity contribution in [3.05, 3.63) is 88.1 Å². The van der Waals surface area contributed by atoms with Crippen LogP contribution >= 0.6 is 11.6 Å². The third-order valence-electron chi connectivity index (χ3n) is 3.99. The van der Waals surface area contributed by atoms with Crippen LogP contribution in [0.4, 0.5) is 0 Å². The maximum absolute atomic E-state index is 12.7. The Kier molecular flexibility index (Phi) is 4.43. The molecule has 1 N–H and O–H groups in total. The molecule has 0 aliphatic carbocycles. The van der Waals surface area contributed by atoms with Crippen molar-refractivity contribution in [1.29, 1.82) is 0 Å². The largest absolute Gasteiger partial charge is 0.283 e. The number of halogens is 1. The van der Waals surface area contributed by atoms with E-state index in [0.29, 0.717) is 16.4 Å². The van der Waals surface area contributed by atoms with Crippen molar-refractivity contribution in [3.8, 4) is 5.69 Å². The van der Waals surface area contributed by atoms with Gasteiger partial charge in [0.1, 0.15) is 11.7 Å². The zero-order valence-electron chi connectivity index (χ0n) is 14.0. The van der Waals surface area contributed by atoms with Crippen molar-refractivity contribution < 1.29 is 4.79 Å². The van der Waals surface area contributed by atoms with E-state index in [4.69, 9.17) is 11.6 Å². The van der Waals surface area contributed by atoms with Crippen molar-refractivity contribution >= 4 is 28.5 Å². The number of amides is 1. The van der Waals surface area contributed by atoms with Crippen LogP contribution in [0.1, 0.15) is 5.56 Å². The van der Waals surface area contributed by atoms with Gasteiger partial charge in [0.25, 0.3) is 5.56 Å². The van der Waals surface area contributed by atoms with Crippen LogP contribution in [0.15, 0.2) is 71.9 Å². The molecule has 0 bridgehead atoms. The third-order valence-corrected chi connectivity index (χ3v) is 4.23. The van der Waals surface area contributed by atoms with Crippen LogP contribution in [-0.2, 0) is 11.2 Å². The number of carbonyl (C=O) groups is 1. The molecular weight excluding hydrogens is 366 g/mol. The summed E-state index contributed by atoms with van der Waals surface area (Å²) < 4.78 is 2.59. The lowest BCUT2D eigenvalue weighted by atomic mass is 10.1. The molecule has 2 aromatic heterocycles. The van der Waals surface area contributed by atoms with Crippen LogP contribution in [0.3, 0.4) is 0 Å². The highest BCUT2D eigenvalue weighted by atomic mass is 35.5. The lowest BCUT2D eigenvalue weighted by Gasteiger charge is -2.08. The van der Waals surface area contributed by atoms with Crippen LogP contribution in [0.5, 0.6) is 0 Å². The summed E-state index contributed by atoms with van der Waals surface area (Å²) in [5.41, 5.74) is 4.07. The maximum atomic E-state index is 12.7. The van der Waals surface area contributed by atoms with E-state index in [1.165, 1.54) is 17.2 Å². The van der Waals surface area contributed by atoms with E-state index in [1.807, 2.05) is 36.4 Å². The second-order valence-corrected chi connectivity index (χ2v) is 6.33. The maximum Gasteiger partial charge on any atom is 0.283 e. The van der Waals surface area contributed by atoms with Gasteiger partial charge in [-0.1, -0.05) is 48.0 Å². The topological polar surface area (TPSA) is 81.8 Å². The van der Waals surface area contributed by atoms with E-state index >= 15 is 0 Å². The molecule has 0 saturated heterocycles. The number of nitrogens with one attached hydrogen (secondary N) is 1. The van der Waals surface area contributed by atoms with Crippen LogP contribution in [0.25, 0.3) is 16.7 Å². The predicted molar refractivity (Wildman–Crippen MR) is 103 cm³/mol. The first-order chi connectivity index (χ1) is 13.1. The Morgan fingerprint density at radius 1 is 1.11 bits per heavy atom. The lowest BCUT2D eigenvalue weighted by Crippen LogP contribution is -2.34. The van der Waals surface area contributed by atoms with Gasteiger partial charge in [-0.25, -0.2) is 14.3 Å². The molecule has 0 aliphatic rings. The summed E-state index contributed by atoms with van der Waals surface area (Å²) in [5, 5.41) is 5.07. The van der Waals surface area contributed by atoms with Crippen LogP contribution in [0, 0.1) is 0 Å². The molecule has 134 valence electrons. The smallest absolute Gasteiger partial charge is 0.273 e. The fourth-order valence-electron chi connectivity index (χ4n) is 2.74. The first-order valence-electron chi connectivity index (χ1n) is 8.17. The summed E-state index contributed by atoms with van der Waals surface area (Å²) in [6.45, 7) is 0. The highest BCUT2D eigenvalue weighted by Gasteiger charge is 2.13. The fraction of sp³-hybridized carbons (Fsp3) is 0.0526. The minimum absolute atomic E-state index is 0.160. The molecule has 7 nitrogen and oxygen atoms in total. The van der Waals surface area contributed by atoms with Crippen molar-refractivity contribution in [3.63, 3.8) is 0 Å². The number of nitrogens with zero attached hydrogens (tertiary/aromatic N) is 4. The summed E-state index contributed by atoms with van der Waals surface area (Å²) in [6.07, 6.45) is 2.86. The quantitative estimate of drug-likeness (QED) is 0.590. The normalized spacial score (nSPS) is 10.9. The number of benzene rings is 2. The number of hydrogen-bond acceptors (Lipinski definition) is 4. The summed E-state index contributed by atoms with van der Waals surface area (Å²) in [7, 11) is 0. The molecule has 0 atom stereocenters. The number of carbonyl (C=O) groups excluding carboxylic acids is 1. The minimum Gasteiger partial charge on any atom is -0.273 e. The third kappa shape index (κ3) is 3.45. The zero-order chi connectivity index (χ0) is 18.8. The molecule has 1 amide bonds. The zero-order valence-corrected chi connectivity index (χ0v) is 14.8. The number of aromatic nitrogens is 4. The Morgan fingerprint density at radius 2 is 1.93 bits per heavy atom. The first-order valence-corrected chi connectivity index (χ1v) is 8.55. The highest BCUT2D eigenvalue weighted by Crippen LogP contribution is 2.17. The molecular formula is C19H14ClN5O2. The van der Waals surface area contributed by atoms with E-state index in [2.05, 4.69) is 15.5 Å². The molecule has 0 spiro atoms. The molecule has 2 heterocycles. The molecule has 0 fully saturated rings. The second kappa shape index (κ2) is 7.05. The van der Waals surface area contributed by atoms with Gasteiger partial charge in [-0.3, -0.25) is 15.0 Å².